The Hall–Kier alpha value is -0.880. The van der Waals surface area contributed by atoms with Crippen molar-refractivity contribution in [1.29, 1.82) is 0 Å². The number of nitrogens with two attached hydrogens (primary N) is 1. The molecule has 0 saturated carbocycles. The van der Waals surface area contributed by atoms with Crippen molar-refractivity contribution in [1.82, 2.24) is 0 Å². The highest BCUT2D eigenvalue weighted by Gasteiger charge is 2.37. The Bertz CT molecular complexity index is 368. The molecule has 3 N–H and O–H groups in total. The number of nitrogen functional groups attached to an aromatic ring is 1. The second-order valence-corrected chi connectivity index (χ2v) is 4.46. The lowest BCUT2D eigenvalue weighted by atomic mass is 10.2. The fraction of sp³-hybridized carbons (Fsp3) is 0.400. The van der Waals surface area contributed by atoms with Crippen LogP contribution in [0.3, 0.4) is 0 Å². The fourth-order valence-corrected chi connectivity index (χ4v) is 2.08. The molecule has 0 aliphatic heterocycles. The SMILES string of the molecule is Cc1cc(N)ccc1SCC(O)C(F)(F)F. The Kier molecular flexibility index (Phi) is 4.09. The smallest absolute Gasteiger partial charge is 0.399 e. The minimum absolute atomic E-state index is 0.408. The maximum Gasteiger partial charge on any atom is 0.415 e. The van der Waals surface area contributed by atoms with Crippen LogP contribution in [0.5, 0.6) is 0 Å². The largest absolute Gasteiger partial charge is 0.415 e. The van der Waals surface area contributed by atoms with Crippen LogP contribution < -0.4 is 5.73 Å². The average Bonchev–Trinajstić information content (AvgIpc) is 2.14. The number of aryl methyl sites for hydroxylation is 1. The lowest BCUT2D eigenvalue weighted by Crippen LogP contribution is -2.30. The van der Waals surface area contributed by atoms with Gasteiger partial charge in [0.1, 0.15) is 0 Å². The number of thioether (sulfide) groups is 1. The number of halogens is 3. The van der Waals surface area contributed by atoms with Gasteiger partial charge in [-0.3, -0.25) is 0 Å². The minimum atomic E-state index is -4.56. The van der Waals surface area contributed by atoms with Crippen LogP contribution in [0.25, 0.3) is 0 Å². The molecule has 2 nitrogen and oxygen atoms in total. The zero-order valence-electron chi connectivity index (χ0n) is 8.58. The lowest BCUT2D eigenvalue weighted by Gasteiger charge is -2.14. The van der Waals surface area contributed by atoms with Gasteiger partial charge in [-0.2, -0.15) is 13.2 Å². The molecule has 0 aliphatic carbocycles. The first-order valence-corrected chi connectivity index (χ1v) is 5.53. The van der Waals surface area contributed by atoms with Crippen molar-refractivity contribution in [2.45, 2.75) is 24.1 Å². The molecule has 90 valence electrons. The maximum absolute atomic E-state index is 12.0. The van der Waals surface area contributed by atoms with Crippen molar-refractivity contribution >= 4 is 17.4 Å². The molecule has 0 amide bonds. The summed E-state index contributed by atoms with van der Waals surface area (Å²) in [6.07, 6.45) is -6.86. The normalized spacial score (nSPS) is 13.8. The Morgan fingerprint density at radius 2 is 2.06 bits per heavy atom. The molecule has 0 saturated heterocycles. The zero-order chi connectivity index (χ0) is 12.3. The number of rotatable bonds is 3. The Labute approximate surface area is 95.6 Å². The van der Waals surface area contributed by atoms with E-state index in [1.54, 1.807) is 25.1 Å². The number of anilines is 1. The van der Waals surface area contributed by atoms with E-state index in [0.29, 0.717) is 10.6 Å². The van der Waals surface area contributed by atoms with Crippen molar-refractivity contribution in [3.05, 3.63) is 23.8 Å². The van der Waals surface area contributed by atoms with Crippen molar-refractivity contribution in [3.63, 3.8) is 0 Å². The molecular weight excluding hydrogens is 239 g/mol. The van der Waals surface area contributed by atoms with Gasteiger partial charge in [0.05, 0.1) is 0 Å². The third-order valence-corrected chi connectivity index (χ3v) is 3.23. The van der Waals surface area contributed by atoms with Gasteiger partial charge in [0.25, 0.3) is 0 Å². The molecule has 0 aromatic heterocycles. The third-order valence-electron chi connectivity index (χ3n) is 1.97. The van der Waals surface area contributed by atoms with Crippen LogP contribution in [-0.4, -0.2) is 23.1 Å². The van der Waals surface area contributed by atoms with E-state index in [0.717, 1.165) is 17.3 Å². The van der Waals surface area contributed by atoms with Crippen LogP contribution >= 0.6 is 11.8 Å². The second-order valence-electron chi connectivity index (χ2n) is 3.39. The highest BCUT2D eigenvalue weighted by atomic mass is 32.2. The number of aliphatic hydroxyl groups is 1. The first-order chi connectivity index (χ1) is 7.30. The van der Waals surface area contributed by atoms with E-state index >= 15 is 0 Å². The summed E-state index contributed by atoms with van der Waals surface area (Å²) in [4.78, 5) is 0.692. The van der Waals surface area contributed by atoms with Crippen molar-refractivity contribution in [2.75, 3.05) is 11.5 Å². The molecule has 0 bridgehead atoms. The number of alkyl halides is 3. The average molecular weight is 251 g/mol. The molecule has 1 aromatic carbocycles. The summed E-state index contributed by atoms with van der Waals surface area (Å²) in [7, 11) is 0. The molecule has 16 heavy (non-hydrogen) atoms. The predicted octanol–water partition coefficient (Wildman–Crippen LogP) is 2.59. The summed E-state index contributed by atoms with van der Waals surface area (Å²) < 4.78 is 36.1. The van der Waals surface area contributed by atoms with Crippen LogP contribution in [0.1, 0.15) is 5.56 Å². The summed E-state index contributed by atoms with van der Waals surface area (Å²) in [6.45, 7) is 1.76. The molecule has 0 aliphatic rings. The van der Waals surface area contributed by atoms with Gasteiger partial charge in [0.15, 0.2) is 6.10 Å². The Morgan fingerprint density at radius 1 is 1.44 bits per heavy atom. The van der Waals surface area contributed by atoms with Gasteiger partial charge in [-0.1, -0.05) is 0 Å². The molecular formula is C10H12F3NOS. The van der Waals surface area contributed by atoms with Crippen molar-refractivity contribution < 1.29 is 18.3 Å². The predicted molar refractivity (Wildman–Crippen MR) is 58.4 cm³/mol. The van der Waals surface area contributed by atoms with E-state index in [4.69, 9.17) is 10.8 Å². The topological polar surface area (TPSA) is 46.2 Å². The van der Waals surface area contributed by atoms with Gasteiger partial charge in [0.2, 0.25) is 0 Å². The van der Waals surface area contributed by atoms with Crippen LogP contribution in [0.15, 0.2) is 23.1 Å². The maximum atomic E-state index is 12.0. The molecule has 0 spiro atoms. The van der Waals surface area contributed by atoms with E-state index < -0.39 is 18.0 Å². The van der Waals surface area contributed by atoms with Gasteiger partial charge >= 0.3 is 6.18 Å². The molecule has 6 heteroatoms. The molecule has 1 aromatic rings. The molecule has 0 fully saturated rings. The third kappa shape index (κ3) is 3.61. The van der Waals surface area contributed by atoms with E-state index in [1.807, 2.05) is 0 Å². The van der Waals surface area contributed by atoms with Crippen molar-refractivity contribution in [2.24, 2.45) is 0 Å². The van der Waals surface area contributed by atoms with E-state index in [-0.39, 0.29) is 0 Å². The lowest BCUT2D eigenvalue weighted by molar-refractivity contribution is -0.195. The standard InChI is InChI=1S/C10H12F3NOS/c1-6-4-7(14)2-3-8(6)16-5-9(15)10(11,12)13/h2-4,9,15H,5,14H2,1H3. The molecule has 1 atom stereocenters. The van der Waals surface area contributed by atoms with Crippen LogP contribution in [0.2, 0.25) is 0 Å². The number of aliphatic hydroxyl groups excluding tert-OH is 1. The van der Waals surface area contributed by atoms with E-state index in [2.05, 4.69) is 0 Å². The monoisotopic (exact) mass is 251 g/mol. The van der Waals surface area contributed by atoms with Gasteiger partial charge in [0, 0.05) is 16.3 Å². The minimum Gasteiger partial charge on any atom is -0.399 e. The highest BCUT2D eigenvalue weighted by molar-refractivity contribution is 7.99. The fourth-order valence-electron chi connectivity index (χ4n) is 1.10. The summed E-state index contributed by atoms with van der Waals surface area (Å²) >= 11 is 0.965. The van der Waals surface area contributed by atoms with Gasteiger partial charge < -0.3 is 10.8 Å². The van der Waals surface area contributed by atoms with Crippen LogP contribution in [0.4, 0.5) is 18.9 Å². The zero-order valence-corrected chi connectivity index (χ0v) is 9.40. The molecule has 0 heterocycles. The van der Waals surface area contributed by atoms with E-state index in [1.165, 1.54) is 0 Å². The number of hydrogen-bond donors (Lipinski definition) is 2. The van der Waals surface area contributed by atoms with Crippen LogP contribution in [-0.2, 0) is 0 Å². The Balaban J connectivity index is 2.62. The molecule has 1 unspecified atom stereocenters. The molecule has 1 rings (SSSR count). The van der Waals surface area contributed by atoms with Gasteiger partial charge in [-0.25, -0.2) is 0 Å². The second kappa shape index (κ2) is 4.97. The molecule has 0 radical (unpaired) electrons. The Morgan fingerprint density at radius 3 is 2.56 bits per heavy atom. The number of hydrogen-bond acceptors (Lipinski definition) is 3. The van der Waals surface area contributed by atoms with Crippen LogP contribution in [0, 0.1) is 6.92 Å². The van der Waals surface area contributed by atoms with Gasteiger partial charge in [-0.15, -0.1) is 11.8 Å². The van der Waals surface area contributed by atoms with Crippen molar-refractivity contribution in [3.8, 4) is 0 Å². The highest BCUT2D eigenvalue weighted by Crippen LogP contribution is 2.29. The summed E-state index contributed by atoms with van der Waals surface area (Å²) in [6, 6.07) is 4.95. The first-order valence-electron chi connectivity index (χ1n) is 4.54. The summed E-state index contributed by atoms with van der Waals surface area (Å²) in [5.41, 5.74) is 6.89. The first kappa shape index (κ1) is 13.2. The van der Waals surface area contributed by atoms with Gasteiger partial charge in [-0.05, 0) is 30.7 Å². The summed E-state index contributed by atoms with van der Waals surface area (Å²) in [5, 5.41) is 8.82. The van der Waals surface area contributed by atoms with E-state index in [9.17, 15) is 13.2 Å². The quantitative estimate of drug-likeness (QED) is 0.641. The summed E-state index contributed by atoms with van der Waals surface area (Å²) in [5.74, 6) is -0.408. The number of benzene rings is 1.